The van der Waals surface area contributed by atoms with Gasteiger partial charge in [0.2, 0.25) is 0 Å². The normalized spacial score (nSPS) is 12.8. The molecule has 0 amide bonds. The first-order valence-electron chi connectivity index (χ1n) is 4.91. The van der Waals surface area contributed by atoms with Crippen LogP contribution in [0.15, 0.2) is 0 Å². The van der Waals surface area contributed by atoms with Gasteiger partial charge < -0.3 is 10.2 Å². The van der Waals surface area contributed by atoms with Gasteiger partial charge in [-0.15, -0.1) is 0 Å². The number of hydrogen-bond acceptors (Lipinski definition) is 2. The van der Waals surface area contributed by atoms with E-state index in [4.69, 9.17) is 10.2 Å². The van der Waals surface area contributed by atoms with E-state index in [-0.39, 0.29) is 24.7 Å². The Morgan fingerprint density at radius 3 is 1.86 bits per heavy atom. The van der Waals surface area contributed by atoms with Crippen molar-refractivity contribution in [2.75, 3.05) is 0 Å². The summed E-state index contributed by atoms with van der Waals surface area (Å²) >= 11 is 0. The summed E-state index contributed by atoms with van der Waals surface area (Å²) in [5, 5.41) is 17.2. The lowest BCUT2D eigenvalue weighted by molar-refractivity contribution is -0.141. The summed E-state index contributed by atoms with van der Waals surface area (Å²) in [6.45, 7) is 3.93. The van der Waals surface area contributed by atoms with Crippen LogP contribution in [0.2, 0.25) is 0 Å². The van der Waals surface area contributed by atoms with Crippen molar-refractivity contribution in [3.05, 3.63) is 0 Å². The fourth-order valence-electron chi connectivity index (χ4n) is 1.61. The lowest BCUT2D eigenvalue weighted by Gasteiger charge is -2.20. The van der Waals surface area contributed by atoms with E-state index in [1.165, 1.54) is 0 Å². The molecule has 0 aliphatic carbocycles. The van der Waals surface area contributed by atoms with Gasteiger partial charge in [0.25, 0.3) is 0 Å². The zero-order chi connectivity index (χ0) is 11.1. The third-order valence-corrected chi connectivity index (χ3v) is 2.42. The predicted octanol–water partition coefficient (Wildman–Crippen LogP) is 1.99. The Morgan fingerprint density at radius 1 is 1.14 bits per heavy atom. The number of carboxylic acids is 2. The van der Waals surface area contributed by atoms with Crippen LogP contribution in [-0.4, -0.2) is 22.2 Å². The van der Waals surface area contributed by atoms with Crippen LogP contribution < -0.4 is 0 Å². The third-order valence-electron chi connectivity index (χ3n) is 2.42. The second-order valence-electron chi connectivity index (χ2n) is 3.72. The minimum atomic E-state index is -0.917. The van der Waals surface area contributed by atoms with Crippen molar-refractivity contribution in [1.82, 2.24) is 0 Å². The van der Waals surface area contributed by atoms with E-state index in [1.54, 1.807) is 0 Å². The van der Waals surface area contributed by atoms with Gasteiger partial charge in [0.05, 0.1) is 0 Å². The lowest BCUT2D eigenvalue weighted by atomic mass is 9.85. The maximum absolute atomic E-state index is 10.5. The van der Waals surface area contributed by atoms with Gasteiger partial charge in [0, 0.05) is 12.8 Å². The van der Waals surface area contributed by atoms with Crippen molar-refractivity contribution in [2.24, 2.45) is 11.8 Å². The first kappa shape index (κ1) is 12.9. The minimum Gasteiger partial charge on any atom is -0.481 e. The molecule has 14 heavy (non-hydrogen) atoms. The van der Waals surface area contributed by atoms with Gasteiger partial charge >= 0.3 is 11.9 Å². The Balaban J connectivity index is 4.21. The Hall–Kier alpha value is -1.06. The average molecular weight is 202 g/mol. The first-order valence-corrected chi connectivity index (χ1v) is 4.91. The molecule has 0 aromatic heterocycles. The number of rotatable bonds is 7. The molecule has 0 rings (SSSR count). The van der Waals surface area contributed by atoms with Crippen LogP contribution in [0.1, 0.15) is 39.5 Å². The average Bonchev–Trinajstić information content (AvgIpc) is 2.01. The summed E-state index contributed by atoms with van der Waals surface area (Å²) in [6, 6.07) is 0. The van der Waals surface area contributed by atoms with Crippen LogP contribution in [0.25, 0.3) is 0 Å². The molecule has 0 aromatic rings. The highest BCUT2D eigenvalue weighted by Gasteiger charge is 2.22. The molecule has 4 nitrogen and oxygen atoms in total. The second-order valence-corrected chi connectivity index (χ2v) is 3.72. The summed E-state index contributed by atoms with van der Waals surface area (Å²) in [5.74, 6) is -1.92. The Labute approximate surface area is 83.9 Å². The monoisotopic (exact) mass is 202 g/mol. The van der Waals surface area contributed by atoms with Crippen LogP contribution in [0.3, 0.4) is 0 Å². The maximum Gasteiger partial charge on any atom is 0.303 e. The van der Waals surface area contributed by atoms with Gasteiger partial charge in [0.15, 0.2) is 0 Å². The molecule has 0 bridgehead atoms. The Bertz CT molecular complexity index is 184. The molecule has 1 unspecified atom stereocenters. The molecule has 0 fully saturated rings. The van der Waals surface area contributed by atoms with E-state index in [0.29, 0.717) is 0 Å². The maximum atomic E-state index is 10.5. The molecular formula is C10H18O4. The van der Waals surface area contributed by atoms with Gasteiger partial charge in [-0.05, 0) is 11.8 Å². The minimum absolute atomic E-state index is 0.0481. The Kier molecular flexibility index (Phi) is 5.92. The molecule has 0 radical (unpaired) electrons. The molecule has 0 spiro atoms. The third kappa shape index (κ3) is 5.56. The molecule has 0 heterocycles. The van der Waals surface area contributed by atoms with Gasteiger partial charge in [-0.3, -0.25) is 9.59 Å². The van der Waals surface area contributed by atoms with Crippen LogP contribution in [-0.2, 0) is 9.59 Å². The molecule has 0 saturated carbocycles. The molecule has 0 aliphatic heterocycles. The number of carboxylic acid groups (broad SMARTS) is 2. The summed E-state index contributed by atoms with van der Waals surface area (Å²) < 4.78 is 0. The highest BCUT2D eigenvalue weighted by atomic mass is 16.4. The van der Waals surface area contributed by atoms with Crippen LogP contribution in [0.5, 0.6) is 0 Å². The van der Waals surface area contributed by atoms with Crippen LogP contribution in [0.4, 0.5) is 0 Å². The van der Waals surface area contributed by atoms with Crippen molar-refractivity contribution >= 4 is 11.9 Å². The van der Waals surface area contributed by atoms with Crippen molar-refractivity contribution in [1.29, 1.82) is 0 Å². The van der Waals surface area contributed by atoms with Gasteiger partial charge in [0.1, 0.15) is 0 Å². The second kappa shape index (κ2) is 6.40. The summed E-state index contributed by atoms with van der Waals surface area (Å²) in [6.07, 6.45) is 1.74. The van der Waals surface area contributed by atoms with Crippen LogP contribution in [0, 0.1) is 11.8 Å². The van der Waals surface area contributed by atoms with Crippen LogP contribution >= 0.6 is 0 Å². The Morgan fingerprint density at radius 2 is 1.57 bits per heavy atom. The van der Waals surface area contributed by atoms with E-state index in [9.17, 15) is 9.59 Å². The summed E-state index contributed by atoms with van der Waals surface area (Å²) in [4.78, 5) is 21.0. The van der Waals surface area contributed by atoms with E-state index >= 15 is 0 Å². The largest absolute Gasteiger partial charge is 0.481 e. The number of hydrogen-bond donors (Lipinski definition) is 2. The summed E-state index contributed by atoms with van der Waals surface area (Å²) in [7, 11) is 0. The molecule has 0 aliphatic rings. The van der Waals surface area contributed by atoms with Gasteiger partial charge in [-0.1, -0.05) is 26.7 Å². The van der Waals surface area contributed by atoms with E-state index in [0.717, 1.165) is 12.8 Å². The topological polar surface area (TPSA) is 74.6 Å². The van der Waals surface area contributed by atoms with Gasteiger partial charge in [-0.2, -0.15) is 0 Å². The fraction of sp³-hybridized carbons (Fsp3) is 0.800. The highest BCUT2D eigenvalue weighted by molar-refractivity contribution is 5.70. The SMILES string of the molecule is CCCC(C)C(CC(=O)O)CC(=O)O. The predicted molar refractivity (Wildman–Crippen MR) is 52.1 cm³/mol. The van der Waals surface area contributed by atoms with Crippen molar-refractivity contribution < 1.29 is 19.8 Å². The molecule has 0 saturated heterocycles. The number of aliphatic carboxylic acids is 2. The van der Waals surface area contributed by atoms with E-state index in [2.05, 4.69) is 0 Å². The van der Waals surface area contributed by atoms with Gasteiger partial charge in [-0.25, -0.2) is 0 Å². The zero-order valence-electron chi connectivity index (χ0n) is 8.69. The molecule has 82 valence electrons. The van der Waals surface area contributed by atoms with E-state index in [1.807, 2.05) is 13.8 Å². The smallest absolute Gasteiger partial charge is 0.303 e. The molecule has 2 N–H and O–H groups in total. The number of carbonyl (C=O) groups is 2. The molecule has 0 aromatic carbocycles. The summed E-state index contributed by atoms with van der Waals surface area (Å²) in [5.41, 5.74) is 0. The quantitative estimate of drug-likeness (QED) is 0.662. The highest BCUT2D eigenvalue weighted by Crippen LogP contribution is 2.23. The standard InChI is InChI=1S/C10H18O4/c1-3-4-7(2)8(5-9(11)12)6-10(13)14/h7-8H,3-6H2,1-2H3,(H,11,12)(H,13,14). The van der Waals surface area contributed by atoms with Crippen molar-refractivity contribution in [2.45, 2.75) is 39.5 Å². The molecule has 1 atom stereocenters. The zero-order valence-corrected chi connectivity index (χ0v) is 8.69. The molecule has 4 heteroatoms. The fourth-order valence-corrected chi connectivity index (χ4v) is 1.61. The van der Waals surface area contributed by atoms with E-state index < -0.39 is 11.9 Å². The first-order chi connectivity index (χ1) is 6.47. The van der Waals surface area contributed by atoms with Crippen molar-refractivity contribution in [3.63, 3.8) is 0 Å². The molecular weight excluding hydrogens is 184 g/mol. The van der Waals surface area contributed by atoms with Crippen molar-refractivity contribution in [3.8, 4) is 0 Å². The lowest BCUT2D eigenvalue weighted by Crippen LogP contribution is -2.19.